The summed E-state index contributed by atoms with van der Waals surface area (Å²) in [6, 6.07) is 9.94. The monoisotopic (exact) mass is 400 g/mol. The van der Waals surface area contributed by atoms with Gasteiger partial charge in [0.2, 0.25) is 0 Å². The Morgan fingerprint density at radius 2 is 1.96 bits per heavy atom. The molecule has 0 aliphatic rings. The summed E-state index contributed by atoms with van der Waals surface area (Å²) in [5, 5.41) is 4.07. The van der Waals surface area contributed by atoms with Crippen LogP contribution in [0.5, 0.6) is 0 Å². The Labute approximate surface area is 167 Å². The highest BCUT2D eigenvalue weighted by atomic mass is 35.5. The summed E-state index contributed by atoms with van der Waals surface area (Å²) < 4.78 is 10.5. The van der Waals surface area contributed by atoms with Gasteiger partial charge in [0.25, 0.3) is 5.91 Å². The van der Waals surface area contributed by atoms with Gasteiger partial charge in [0.1, 0.15) is 12.6 Å². The van der Waals surface area contributed by atoms with E-state index in [1.165, 1.54) is 12.3 Å². The molecule has 6 nitrogen and oxygen atoms in total. The van der Waals surface area contributed by atoms with E-state index in [4.69, 9.17) is 20.8 Å². The maximum atomic E-state index is 12.6. The maximum absolute atomic E-state index is 12.6. The van der Waals surface area contributed by atoms with Crippen LogP contribution >= 0.6 is 11.6 Å². The quantitative estimate of drug-likeness (QED) is 0.624. The molecule has 1 N–H and O–H groups in total. The fourth-order valence-corrected chi connectivity index (χ4v) is 3.06. The first-order valence-corrected chi connectivity index (χ1v) is 9.31. The summed E-state index contributed by atoms with van der Waals surface area (Å²) in [5.74, 6) is -1.07. The molecule has 0 aliphatic carbocycles. The number of hydrogen-bond acceptors (Lipinski definition) is 5. The number of nitrogens with zero attached hydrogens (tertiary/aromatic N) is 1. The third kappa shape index (κ3) is 4.17. The minimum Gasteiger partial charge on any atom is -0.459 e. The predicted molar refractivity (Wildman–Crippen MR) is 106 cm³/mol. The summed E-state index contributed by atoms with van der Waals surface area (Å²) >= 11 is 6.41. The first kappa shape index (κ1) is 19.9. The summed E-state index contributed by atoms with van der Waals surface area (Å²) in [4.78, 5) is 29.3. The zero-order valence-corrected chi connectivity index (χ0v) is 16.6. The van der Waals surface area contributed by atoms with Gasteiger partial charge in [-0.25, -0.2) is 9.78 Å². The van der Waals surface area contributed by atoms with Crippen molar-refractivity contribution in [1.29, 1.82) is 0 Å². The van der Waals surface area contributed by atoms with Gasteiger partial charge in [0.15, 0.2) is 5.76 Å². The largest absolute Gasteiger partial charge is 0.459 e. The number of nitrogens with one attached hydrogen (secondary N) is 1. The second-order valence-electron chi connectivity index (χ2n) is 6.79. The molecule has 28 heavy (non-hydrogen) atoms. The summed E-state index contributed by atoms with van der Waals surface area (Å²) in [6.45, 7) is 5.46. The normalized spacial score (nSPS) is 12.2. The third-order valence-corrected chi connectivity index (χ3v) is 4.95. The lowest BCUT2D eigenvalue weighted by molar-refractivity contribution is -0.148. The molecule has 146 valence electrons. The van der Waals surface area contributed by atoms with E-state index in [-0.39, 0.29) is 18.3 Å². The molecule has 0 bridgehead atoms. The van der Waals surface area contributed by atoms with Gasteiger partial charge in [0.05, 0.1) is 22.5 Å². The van der Waals surface area contributed by atoms with Crippen LogP contribution in [0.3, 0.4) is 0 Å². The number of ether oxygens (including phenoxy) is 1. The fraction of sp³-hybridized carbons (Fsp3) is 0.286. The predicted octanol–water partition coefficient (Wildman–Crippen LogP) is 4.29. The Bertz CT molecular complexity index is 999. The Balaban J connectivity index is 1.73. The SMILES string of the molecule is Cc1c(Cl)c(COC(=O)[C@@H](NC(=O)c2ccco2)C(C)C)nc2ccccc12. The minimum absolute atomic E-state index is 0.0802. The van der Waals surface area contributed by atoms with Gasteiger partial charge >= 0.3 is 5.97 Å². The number of aromatic nitrogens is 1. The molecule has 0 spiro atoms. The molecule has 3 aromatic rings. The van der Waals surface area contributed by atoms with Crippen molar-refractivity contribution in [1.82, 2.24) is 10.3 Å². The van der Waals surface area contributed by atoms with E-state index < -0.39 is 17.9 Å². The summed E-state index contributed by atoms with van der Waals surface area (Å²) in [5.41, 5.74) is 2.14. The zero-order valence-electron chi connectivity index (χ0n) is 15.9. The minimum atomic E-state index is -0.821. The second-order valence-corrected chi connectivity index (χ2v) is 7.17. The highest BCUT2D eigenvalue weighted by Gasteiger charge is 2.27. The molecule has 0 unspecified atom stereocenters. The first-order chi connectivity index (χ1) is 13.4. The van der Waals surface area contributed by atoms with Gasteiger partial charge in [0, 0.05) is 5.39 Å². The van der Waals surface area contributed by atoms with Crippen molar-refractivity contribution >= 4 is 34.4 Å². The lowest BCUT2D eigenvalue weighted by Crippen LogP contribution is -2.45. The summed E-state index contributed by atoms with van der Waals surface area (Å²) in [6.07, 6.45) is 1.40. The number of carbonyl (C=O) groups excluding carboxylic acids is 2. The van der Waals surface area contributed by atoms with Crippen molar-refractivity contribution in [3.05, 3.63) is 64.7 Å². The Morgan fingerprint density at radius 3 is 2.64 bits per heavy atom. The topological polar surface area (TPSA) is 81.4 Å². The first-order valence-electron chi connectivity index (χ1n) is 8.93. The zero-order chi connectivity index (χ0) is 20.3. The standard InChI is InChI=1S/C21H21ClN2O4/c1-12(2)19(24-20(25)17-9-6-10-27-17)21(26)28-11-16-18(22)13(3)14-7-4-5-8-15(14)23-16/h4-10,12,19H,11H2,1-3H3,(H,24,25)/t19-/m0/s1. The fourth-order valence-electron chi connectivity index (χ4n) is 2.86. The molecule has 0 fully saturated rings. The van der Waals surface area contributed by atoms with Gasteiger partial charge in [-0.3, -0.25) is 4.79 Å². The molecular weight excluding hydrogens is 380 g/mol. The molecule has 1 aromatic carbocycles. The maximum Gasteiger partial charge on any atom is 0.329 e. The van der Waals surface area contributed by atoms with E-state index in [1.807, 2.05) is 45.0 Å². The van der Waals surface area contributed by atoms with Crippen LogP contribution in [0.1, 0.15) is 35.7 Å². The van der Waals surface area contributed by atoms with Gasteiger partial charge in [-0.15, -0.1) is 0 Å². The van der Waals surface area contributed by atoms with Crippen molar-refractivity contribution in [3.63, 3.8) is 0 Å². The van der Waals surface area contributed by atoms with Crippen molar-refractivity contribution in [2.45, 2.75) is 33.4 Å². The number of aryl methyl sites for hydroxylation is 1. The number of benzene rings is 1. The molecule has 0 radical (unpaired) electrons. The number of amides is 1. The number of pyridine rings is 1. The molecule has 0 aliphatic heterocycles. The second kappa shape index (κ2) is 8.44. The van der Waals surface area contributed by atoms with E-state index in [9.17, 15) is 9.59 Å². The molecule has 7 heteroatoms. The van der Waals surface area contributed by atoms with E-state index in [1.54, 1.807) is 6.07 Å². The number of rotatable bonds is 6. The number of esters is 1. The molecule has 1 amide bonds. The lowest BCUT2D eigenvalue weighted by atomic mass is 10.0. The van der Waals surface area contributed by atoms with Gasteiger partial charge in [-0.1, -0.05) is 43.6 Å². The van der Waals surface area contributed by atoms with Crippen molar-refractivity contribution in [2.24, 2.45) is 5.92 Å². The van der Waals surface area contributed by atoms with Gasteiger partial charge in [-0.2, -0.15) is 0 Å². The number of para-hydroxylation sites is 1. The molecule has 1 atom stereocenters. The average Bonchev–Trinajstić information content (AvgIpc) is 3.22. The van der Waals surface area contributed by atoms with Crippen molar-refractivity contribution < 1.29 is 18.7 Å². The van der Waals surface area contributed by atoms with E-state index in [2.05, 4.69) is 10.3 Å². The van der Waals surface area contributed by atoms with Crippen LogP contribution in [0.2, 0.25) is 5.02 Å². The molecule has 2 heterocycles. The summed E-state index contributed by atoms with van der Waals surface area (Å²) in [7, 11) is 0. The molecule has 0 saturated heterocycles. The average molecular weight is 401 g/mol. The number of furan rings is 1. The van der Waals surface area contributed by atoms with Gasteiger partial charge < -0.3 is 14.5 Å². The Kier molecular flexibility index (Phi) is 5.99. The molecular formula is C21H21ClN2O4. The molecule has 0 saturated carbocycles. The van der Waals surface area contributed by atoms with E-state index >= 15 is 0 Å². The van der Waals surface area contributed by atoms with Crippen LogP contribution < -0.4 is 5.32 Å². The van der Waals surface area contributed by atoms with E-state index in [0.29, 0.717) is 10.7 Å². The van der Waals surface area contributed by atoms with Crippen LogP contribution in [0, 0.1) is 12.8 Å². The number of fused-ring (bicyclic) bond motifs is 1. The highest BCUT2D eigenvalue weighted by molar-refractivity contribution is 6.32. The van der Waals surface area contributed by atoms with Crippen LogP contribution in [0.15, 0.2) is 47.1 Å². The van der Waals surface area contributed by atoms with Crippen molar-refractivity contribution in [3.8, 4) is 0 Å². The Hall–Kier alpha value is -2.86. The van der Waals surface area contributed by atoms with Crippen LogP contribution in [0.25, 0.3) is 10.9 Å². The number of halogens is 1. The third-order valence-electron chi connectivity index (χ3n) is 4.45. The van der Waals surface area contributed by atoms with Crippen LogP contribution in [0.4, 0.5) is 0 Å². The molecule has 3 rings (SSSR count). The number of hydrogen-bond donors (Lipinski definition) is 1. The molecule has 2 aromatic heterocycles. The highest BCUT2D eigenvalue weighted by Crippen LogP contribution is 2.27. The van der Waals surface area contributed by atoms with E-state index in [0.717, 1.165) is 16.5 Å². The number of carbonyl (C=O) groups is 2. The van der Waals surface area contributed by atoms with Crippen LogP contribution in [-0.4, -0.2) is 22.9 Å². The van der Waals surface area contributed by atoms with Crippen LogP contribution in [-0.2, 0) is 16.1 Å². The smallest absolute Gasteiger partial charge is 0.329 e. The van der Waals surface area contributed by atoms with Gasteiger partial charge in [-0.05, 0) is 36.6 Å². The Morgan fingerprint density at radius 1 is 1.21 bits per heavy atom. The van der Waals surface area contributed by atoms with Crippen molar-refractivity contribution in [2.75, 3.05) is 0 Å². The lowest BCUT2D eigenvalue weighted by Gasteiger charge is -2.20.